The highest BCUT2D eigenvalue weighted by atomic mass is 15.0. The molecule has 2 aliphatic rings. The number of hydrogen-bond acceptors (Lipinski definition) is 1. The molecule has 1 aromatic heterocycles. The Hall–Kier alpha value is -4.43. The van der Waals surface area contributed by atoms with Gasteiger partial charge >= 0.3 is 0 Å². The third-order valence-electron chi connectivity index (χ3n) is 7.14. The fraction of sp³-hybridized carbons (Fsp3) is 0. The first-order chi connectivity index (χ1) is 16.4. The van der Waals surface area contributed by atoms with E-state index in [1.807, 2.05) is 6.20 Å². The lowest BCUT2D eigenvalue weighted by Gasteiger charge is -2.21. The Morgan fingerprint density at radius 2 is 1.18 bits per heavy atom. The standard InChI is InChI=1S/C31H18N2/c1-2-8-21-18-28-26(17-20(21)7-1)30-29-19(15-16-32-30)13-14-25-23-10-4-3-9-22(23)24-11-5-6-12-27(24)33(28)31(25)29/h1-18H. The highest BCUT2D eigenvalue weighted by Crippen LogP contribution is 2.43. The molecular weight excluding hydrogens is 400 g/mol. The molecule has 0 aliphatic carbocycles. The fourth-order valence-electron chi connectivity index (χ4n) is 5.73. The summed E-state index contributed by atoms with van der Waals surface area (Å²) in [5, 5.41) is 11.2. The highest BCUT2D eigenvalue weighted by molar-refractivity contribution is 6.25. The Kier molecular flexibility index (Phi) is 3.16. The Labute approximate surface area is 189 Å². The Morgan fingerprint density at radius 3 is 2.03 bits per heavy atom. The predicted octanol–water partition coefficient (Wildman–Crippen LogP) is 8.23. The molecule has 0 atom stereocenters. The molecule has 0 amide bonds. The van der Waals surface area contributed by atoms with Crippen molar-refractivity contribution in [3.05, 3.63) is 109 Å². The summed E-state index contributed by atoms with van der Waals surface area (Å²) in [4.78, 5) is 4.94. The van der Waals surface area contributed by atoms with Crippen LogP contribution in [0.15, 0.2) is 109 Å². The van der Waals surface area contributed by atoms with E-state index >= 15 is 0 Å². The van der Waals surface area contributed by atoms with Crippen LogP contribution in [0.5, 0.6) is 0 Å². The molecule has 152 valence electrons. The summed E-state index contributed by atoms with van der Waals surface area (Å²) in [5.41, 5.74) is 4.70. The first-order valence-electron chi connectivity index (χ1n) is 11.3. The molecule has 0 saturated carbocycles. The zero-order chi connectivity index (χ0) is 21.5. The van der Waals surface area contributed by atoms with Gasteiger partial charge in [-0.1, -0.05) is 78.9 Å². The number of para-hydroxylation sites is 1. The van der Waals surface area contributed by atoms with Gasteiger partial charge in [-0.25, -0.2) is 0 Å². The molecule has 2 heteroatoms. The molecule has 0 unspecified atom stereocenters. The van der Waals surface area contributed by atoms with Crippen molar-refractivity contribution in [3.63, 3.8) is 0 Å². The van der Waals surface area contributed by atoms with Crippen LogP contribution in [-0.2, 0) is 0 Å². The first-order valence-corrected chi connectivity index (χ1v) is 11.3. The summed E-state index contributed by atoms with van der Waals surface area (Å²) in [7, 11) is 0. The van der Waals surface area contributed by atoms with E-state index in [1.165, 1.54) is 65.2 Å². The van der Waals surface area contributed by atoms with Crippen molar-refractivity contribution in [2.75, 3.05) is 0 Å². The quantitative estimate of drug-likeness (QED) is 0.179. The molecule has 0 fully saturated rings. The van der Waals surface area contributed by atoms with E-state index in [0.29, 0.717) is 0 Å². The third kappa shape index (κ3) is 2.15. The lowest BCUT2D eigenvalue weighted by atomic mass is 9.97. The lowest BCUT2D eigenvalue weighted by Crippen LogP contribution is -2.03. The van der Waals surface area contributed by atoms with Crippen molar-refractivity contribution in [3.8, 4) is 5.69 Å². The van der Waals surface area contributed by atoms with Crippen molar-refractivity contribution in [2.24, 2.45) is 0 Å². The van der Waals surface area contributed by atoms with Gasteiger partial charge in [-0.2, -0.15) is 0 Å². The summed E-state index contributed by atoms with van der Waals surface area (Å²) < 4.78 is 2.48. The average molecular weight is 418 g/mol. The van der Waals surface area contributed by atoms with Gasteiger partial charge in [0.1, 0.15) is 0 Å². The SMILES string of the molecule is c1ccc2cc3c(cc2c1)c1nccc2ccc4c(c21)-n3c1ccccc1c1ccccc41. The maximum absolute atomic E-state index is 4.94. The lowest BCUT2D eigenvalue weighted by molar-refractivity contribution is 1.20. The molecule has 8 rings (SSSR count). The average Bonchev–Trinajstić information content (AvgIpc) is 3.00. The van der Waals surface area contributed by atoms with Crippen LogP contribution in [0, 0.1) is 0 Å². The molecule has 6 aromatic rings. The van der Waals surface area contributed by atoms with Crippen LogP contribution in [0.4, 0.5) is 0 Å². The van der Waals surface area contributed by atoms with Crippen LogP contribution in [-0.4, -0.2) is 9.55 Å². The zero-order valence-electron chi connectivity index (χ0n) is 17.8. The topological polar surface area (TPSA) is 17.8 Å². The smallest absolute Gasteiger partial charge is 0.0822 e. The van der Waals surface area contributed by atoms with Gasteiger partial charge < -0.3 is 4.57 Å². The number of benzene rings is 5. The van der Waals surface area contributed by atoms with Crippen LogP contribution in [0.2, 0.25) is 0 Å². The van der Waals surface area contributed by atoms with Gasteiger partial charge in [0, 0.05) is 27.7 Å². The molecule has 3 heterocycles. The number of nitrogens with zero attached hydrogens (tertiary/aromatic N) is 2. The van der Waals surface area contributed by atoms with Crippen LogP contribution in [0.25, 0.3) is 70.7 Å². The number of fused-ring (bicyclic) bond motifs is 9. The Balaban J connectivity index is 1.84. The van der Waals surface area contributed by atoms with Crippen molar-refractivity contribution in [1.29, 1.82) is 0 Å². The van der Waals surface area contributed by atoms with Crippen LogP contribution in [0.1, 0.15) is 0 Å². The monoisotopic (exact) mass is 418 g/mol. The van der Waals surface area contributed by atoms with Crippen LogP contribution in [0.3, 0.4) is 0 Å². The summed E-state index contributed by atoms with van der Waals surface area (Å²) in [6.45, 7) is 0. The number of pyridine rings is 2. The second-order valence-electron chi connectivity index (χ2n) is 8.83. The molecule has 0 N–H and O–H groups in total. The van der Waals surface area contributed by atoms with Crippen LogP contribution >= 0.6 is 0 Å². The van der Waals surface area contributed by atoms with Crippen molar-refractivity contribution >= 4 is 65.0 Å². The zero-order valence-corrected chi connectivity index (χ0v) is 17.8. The number of aromatic nitrogens is 2. The predicted molar refractivity (Wildman–Crippen MR) is 140 cm³/mol. The molecule has 5 aromatic carbocycles. The maximum atomic E-state index is 4.94. The summed E-state index contributed by atoms with van der Waals surface area (Å²) in [5.74, 6) is 0. The summed E-state index contributed by atoms with van der Waals surface area (Å²) >= 11 is 0. The molecule has 2 nitrogen and oxygen atoms in total. The Bertz CT molecular complexity index is 2030. The van der Waals surface area contributed by atoms with Gasteiger partial charge in [-0.3, -0.25) is 4.98 Å². The minimum atomic E-state index is 1.07. The van der Waals surface area contributed by atoms with E-state index in [0.717, 1.165) is 5.52 Å². The van der Waals surface area contributed by atoms with Gasteiger partial charge in [-0.05, 0) is 51.2 Å². The molecule has 33 heavy (non-hydrogen) atoms. The molecule has 0 radical (unpaired) electrons. The largest absolute Gasteiger partial charge is 0.308 e. The first kappa shape index (κ1) is 17.2. The van der Waals surface area contributed by atoms with Crippen LogP contribution < -0.4 is 0 Å². The number of rotatable bonds is 0. The summed E-state index contributed by atoms with van der Waals surface area (Å²) in [6.07, 6.45) is 1.94. The fourth-order valence-corrected chi connectivity index (χ4v) is 5.73. The minimum Gasteiger partial charge on any atom is -0.308 e. The van der Waals surface area contributed by atoms with E-state index in [1.54, 1.807) is 0 Å². The maximum Gasteiger partial charge on any atom is 0.0822 e. The molecule has 2 aliphatic heterocycles. The second-order valence-corrected chi connectivity index (χ2v) is 8.83. The van der Waals surface area contributed by atoms with Gasteiger partial charge in [0.05, 0.1) is 22.2 Å². The molecular formula is C31H18N2. The summed E-state index contributed by atoms with van der Waals surface area (Å²) in [6, 6.07) is 37.5. The van der Waals surface area contributed by atoms with Gasteiger partial charge in [0.2, 0.25) is 0 Å². The highest BCUT2D eigenvalue weighted by Gasteiger charge is 2.21. The molecule has 0 saturated heterocycles. The molecule has 0 spiro atoms. The van der Waals surface area contributed by atoms with E-state index in [-0.39, 0.29) is 0 Å². The van der Waals surface area contributed by atoms with Gasteiger partial charge in [0.15, 0.2) is 0 Å². The number of hydrogen-bond donors (Lipinski definition) is 0. The second kappa shape index (κ2) is 6.08. The van der Waals surface area contributed by atoms with Gasteiger partial charge in [-0.15, -0.1) is 0 Å². The third-order valence-corrected chi connectivity index (χ3v) is 7.14. The van der Waals surface area contributed by atoms with E-state index < -0.39 is 0 Å². The van der Waals surface area contributed by atoms with Crippen molar-refractivity contribution < 1.29 is 0 Å². The van der Waals surface area contributed by atoms with Gasteiger partial charge in [0.25, 0.3) is 0 Å². The Morgan fingerprint density at radius 1 is 0.485 bits per heavy atom. The van der Waals surface area contributed by atoms with E-state index in [9.17, 15) is 0 Å². The minimum absolute atomic E-state index is 1.07. The van der Waals surface area contributed by atoms with E-state index in [2.05, 4.69) is 108 Å². The molecule has 0 bridgehead atoms. The van der Waals surface area contributed by atoms with E-state index in [4.69, 9.17) is 4.98 Å². The normalized spacial score (nSPS) is 12.2. The van der Waals surface area contributed by atoms with Crippen molar-refractivity contribution in [1.82, 2.24) is 9.55 Å². The van der Waals surface area contributed by atoms with Crippen molar-refractivity contribution in [2.45, 2.75) is 0 Å².